The molecule has 0 saturated heterocycles. The lowest BCUT2D eigenvalue weighted by Gasteiger charge is -2.31. The predicted molar refractivity (Wildman–Crippen MR) is 75.0 cm³/mol. The molecule has 0 aliphatic rings. The molecule has 1 rings (SSSR count). The molecule has 0 aromatic heterocycles. The largest absolute Gasteiger partial charge is 0.337 e. The van der Waals surface area contributed by atoms with Gasteiger partial charge in [-0.1, -0.05) is 51.1 Å². The van der Waals surface area contributed by atoms with Crippen molar-refractivity contribution in [3.05, 3.63) is 35.9 Å². The van der Waals surface area contributed by atoms with Crippen LogP contribution in [-0.4, -0.2) is 23.4 Å². The Morgan fingerprint density at radius 3 is 2.28 bits per heavy atom. The summed E-state index contributed by atoms with van der Waals surface area (Å²) in [5, 5.41) is 0. The minimum atomic E-state index is -0.457. The zero-order valence-electron chi connectivity index (χ0n) is 11.8. The van der Waals surface area contributed by atoms with Crippen LogP contribution in [0.25, 0.3) is 0 Å². The molecular formula is C15H24N2O. The van der Waals surface area contributed by atoms with Gasteiger partial charge >= 0.3 is 0 Å². The maximum Gasteiger partial charge on any atom is 0.240 e. The van der Waals surface area contributed by atoms with Crippen molar-refractivity contribution in [3.63, 3.8) is 0 Å². The average molecular weight is 248 g/mol. The molecule has 18 heavy (non-hydrogen) atoms. The quantitative estimate of drug-likeness (QED) is 0.889. The van der Waals surface area contributed by atoms with Crippen LogP contribution in [0.3, 0.4) is 0 Å². The Hall–Kier alpha value is -1.35. The van der Waals surface area contributed by atoms with E-state index in [4.69, 9.17) is 5.73 Å². The molecule has 1 aromatic carbocycles. The number of likely N-dealkylation sites (N-methyl/N-ethyl adjacent to an activating group) is 1. The molecule has 0 radical (unpaired) electrons. The first-order valence-corrected chi connectivity index (χ1v) is 6.44. The van der Waals surface area contributed by atoms with Crippen LogP contribution in [0.5, 0.6) is 0 Å². The summed E-state index contributed by atoms with van der Waals surface area (Å²) in [6.07, 6.45) is 0. The van der Waals surface area contributed by atoms with Crippen LogP contribution in [-0.2, 0) is 11.3 Å². The molecule has 1 amide bonds. The van der Waals surface area contributed by atoms with Crippen LogP contribution in [0.4, 0.5) is 0 Å². The molecule has 3 heteroatoms. The molecule has 0 fully saturated rings. The summed E-state index contributed by atoms with van der Waals surface area (Å²) < 4.78 is 0. The molecule has 3 nitrogen and oxygen atoms in total. The molecule has 1 aromatic rings. The Bertz CT molecular complexity index is 381. The molecule has 0 aliphatic heterocycles. The summed E-state index contributed by atoms with van der Waals surface area (Å²) in [6.45, 7) is 9.26. The third kappa shape index (κ3) is 3.84. The van der Waals surface area contributed by atoms with Crippen LogP contribution >= 0.6 is 0 Å². The fraction of sp³-hybridized carbons (Fsp3) is 0.533. The third-order valence-electron chi connectivity index (χ3n) is 3.11. The van der Waals surface area contributed by atoms with E-state index in [-0.39, 0.29) is 11.3 Å². The first kappa shape index (κ1) is 14.7. The van der Waals surface area contributed by atoms with Crippen molar-refractivity contribution in [2.24, 2.45) is 11.1 Å². The molecular weight excluding hydrogens is 224 g/mol. The van der Waals surface area contributed by atoms with E-state index < -0.39 is 6.04 Å². The fourth-order valence-corrected chi connectivity index (χ4v) is 1.72. The highest BCUT2D eigenvalue weighted by molar-refractivity contribution is 5.82. The summed E-state index contributed by atoms with van der Waals surface area (Å²) in [6, 6.07) is 9.54. The monoisotopic (exact) mass is 248 g/mol. The maximum absolute atomic E-state index is 12.3. The smallest absolute Gasteiger partial charge is 0.240 e. The van der Waals surface area contributed by atoms with Crippen molar-refractivity contribution in [3.8, 4) is 0 Å². The zero-order chi connectivity index (χ0) is 13.8. The number of rotatable bonds is 4. The zero-order valence-corrected chi connectivity index (χ0v) is 11.8. The number of carbonyl (C=O) groups is 1. The van der Waals surface area contributed by atoms with Crippen LogP contribution in [0.1, 0.15) is 33.3 Å². The molecule has 0 bridgehead atoms. The number of benzene rings is 1. The van der Waals surface area contributed by atoms with Gasteiger partial charge in [0.25, 0.3) is 0 Å². The maximum atomic E-state index is 12.3. The number of amides is 1. The topological polar surface area (TPSA) is 46.3 Å². The van der Waals surface area contributed by atoms with Crippen molar-refractivity contribution in [2.45, 2.75) is 40.3 Å². The van der Waals surface area contributed by atoms with Crippen molar-refractivity contribution in [2.75, 3.05) is 6.54 Å². The summed E-state index contributed by atoms with van der Waals surface area (Å²) >= 11 is 0. The molecule has 1 unspecified atom stereocenters. The lowest BCUT2D eigenvalue weighted by atomic mass is 9.86. The molecule has 0 aliphatic carbocycles. The van der Waals surface area contributed by atoms with E-state index in [9.17, 15) is 4.79 Å². The molecule has 0 spiro atoms. The number of nitrogens with zero attached hydrogens (tertiary/aromatic N) is 1. The highest BCUT2D eigenvalue weighted by Crippen LogP contribution is 2.19. The molecule has 100 valence electrons. The van der Waals surface area contributed by atoms with E-state index in [2.05, 4.69) is 0 Å². The normalized spacial score (nSPS) is 13.2. The number of nitrogens with two attached hydrogens (primary N) is 1. The SMILES string of the molecule is CCN(Cc1ccccc1)C(=O)C(N)C(C)(C)C. The highest BCUT2D eigenvalue weighted by atomic mass is 16.2. The van der Waals surface area contributed by atoms with Gasteiger partial charge in [0.05, 0.1) is 6.04 Å². The first-order chi connectivity index (χ1) is 8.36. The Balaban J connectivity index is 2.75. The molecule has 1 atom stereocenters. The second kappa shape index (κ2) is 6.01. The Morgan fingerprint density at radius 2 is 1.83 bits per heavy atom. The minimum Gasteiger partial charge on any atom is -0.337 e. The van der Waals surface area contributed by atoms with Gasteiger partial charge in [0, 0.05) is 13.1 Å². The van der Waals surface area contributed by atoms with Gasteiger partial charge in [-0.2, -0.15) is 0 Å². The summed E-state index contributed by atoms with van der Waals surface area (Å²) in [5.74, 6) is 0.0221. The molecule has 0 heterocycles. The lowest BCUT2D eigenvalue weighted by Crippen LogP contribution is -2.50. The summed E-state index contributed by atoms with van der Waals surface area (Å²) in [5.41, 5.74) is 6.96. The molecule has 0 saturated carbocycles. The van der Waals surface area contributed by atoms with Crippen molar-refractivity contribution in [1.82, 2.24) is 4.90 Å². The van der Waals surface area contributed by atoms with Gasteiger partial charge in [0.1, 0.15) is 0 Å². The average Bonchev–Trinajstić information content (AvgIpc) is 2.34. The van der Waals surface area contributed by atoms with E-state index in [1.807, 2.05) is 62.9 Å². The van der Waals surface area contributed by atoms with Gasteiger partial charge in [-0.25, -0.2) is 0 Å². The number of carbonyl (C=O) groups excluding carboxylic acids is 1. The van der Waals surface area contributed by atoms with Gasteiger partial charge in [-0.15, -0.1) is 0 Å². The van der Waals surface area contributed by atoms with E-state index in [1.54, 1.807) is 0 Å². The summed E-state index contributed by atoms with van der Waals surface area (Å²) in [7, 11) is 0. The first-order valence-electron chi connectivity index (χ1n) is 6.44. The highest BCUT2D eigenvalue weighted by Gasteiger charge is 2.30. The minimum absolute atomic E-state index is 0.0221. The predicted octanol–water partition coefficient (Wildman–Crippen LogP) is 2.41. The van der Waals surface area contributed by atoms with Gasteiger partial charge in [-0.05, 0) is 17.9 Å². The van der Waals surface area contributed by atoms with Crippen LogP contribution in [0, 0.1) is 5.41 Å². The van der Waals surface area contributed by atoms with Gasteiger partial charge in [0.2, 0.25) is 5.91 Å². The standard InChI is InChI=1S/C15H24N2O/c1-5-17(11-12-9-7-6-8-10-12)14(18)13(16)15(2,3)4/h6-10,13H,5,11,16H2,1-4H3. The Morgan fingerprint density at radius 1 is 1.28 bits per heavy atom. The van der Waals surface area contributed by atoms with E-state index in [1.165, 1.54) is 0 Å². The Kier molecular flexibility index (Phi) is 4.91. The fourth-order valence-electron chi connectivity index (χ4n) is 1.72. The van der Waals surface area contributed by atoms with E-state index in [0.29, 0.717) is 13.1 Å². The molecule has 2 N–H and O–H groups in total. The van der Waals surface area contributed by atoms with Crippen LogP contribution in [0.15, 0.2) is 30.3 Å². The van der Waals surface area contributed by atoms with Crippen LogP contribution in [0.2, 0.25) is 0 Å². The number of hydrogen-bond acceptors (Lipinski definition) is 2. The summed E-state index contributed by atoms with van der Waals surface area (Å²) in [4.78, 5) is 14.1. The van der Waals surface area contributed by atoms with Crippen molar-refractivity contribution < 1.29 is 4.79 Å². The lowest BCUT2D eigenvalue weighted by molar-refractivity contribution is -0.135. The van der Waals surface area contributed by atoms with Crippen LogP contribution < -0.4 is 5.73 Å². The van der Waals surface area contributed by atoms with Gasteiger partial charge < -0.3 is 10.6 Å². The van der Waals surface area contributed by atoms with Gasteiger partial charge in [-0.3, -0.25) is 4.79 Å². The van der Waals surface area contributed by atoms with Gasteiger partial charge in [0.15, 0.2) is 0 Å². The third-order valence-corrected chi connectivity index (χ3v) is 3.11. The number of hydrogen-bond donors (Lipinski definition) is 1. The second-order valence-electron chi connectivity index (χ2n) is 5.68. The Labute approximate surface area is 110 Å². The van der Waals surface area contributed by atoms with Crippen molar-refractivity contribution in [1.29, 1.82) is 0 Å². The van der Waals surface area contributed by atoms with E-state index >= 15 is 0 Å². The van der Waals surface area contributed by atoms with E-state index in [0.717, 1.165) is 5.56 Å². The van der Waals surface area contributed by atoms with Crippen molar-refractivity contribution >= 4 is 5.91 Å². The second-order valence-corrected chi connectivity index (χ2v) is 5.68.